The van der Waals surface area contributed by atoms with Crippen LogP contribution in [0.3, 0.4) is 0 Å². The van der Waals surface area contributed by atoms with Crippen LogP contribution in [0.5, 0.6) is 0 Å². The van der Waals surface area contributed by atoms with E-state index in [4.69, 9.17) is 5.11 Å². The average Bonchev–Trinajstić information content (AvgIpc) is 2.29. The van der Waals surface area contributed by atoms with Gasteiger partial charge in [0, 0.05) is 19.3 Å². The molecule has 1 rings (SSSR count). The van der Waals surface area contributed by atoms with Crippen molar-refractivity contribution < 1.29 is 9.90 Å². The van der Waals surface area contributed by atoms with Gasteiger partial charge in [-0.15, -0.1) is 0 Å². The van der Waals surface area contributed by atoms with Crippen molar-refractivity contribution in [3.63, 3.8) is 0 Å². The number of carboxylic acids is 1. The van der Waals surface area contributed by atoms with Crippen LogP contribution in [-0.2, 0) is 0 Å². The molecule has 5 heteroatoms. The zero-order chi connectivity index (χ0) is 12.0. The fraction of sp³-hybridized carbons (Fsp3) is 0.545. The van der Waals surface area contributed by atoms with Gasteiger partial charge in [0.2, 0.25) is 5.95 Å². The summed E-state index contributed by atoms with van der Waals surface area (Å²) in [6.07, 6.45) is 3.46. The molecular formula is C11H17N3O2. The Labute approximate surface area is 95.1 Å². The molecule has 0 aliphatic rings. The third-order valence-electron chi connectivity index (χ3n) is 2.13. The molecule has 88 valence electrons. The molecule has 0 saturated heterocycles. The lowest BCUT2D eigenvalue weighted by Gasteiger charge is -2.21. The fourth-order valence-corrected chi connectivity index (χ4v) is 1.47. The Hall–Kier alpha value is -1.65. The minimum atomic E-state index is -1.02. The van der Waals surface area contributed by atoms with Gasteiger partial charge in [-0.25, -0.2) is 14.8 Å². The molecule has 0 amide bonds. The molecule has 1 heterocycles. The monoisotopic (exact) mass is 223 g/mol. The summed E-state index contributed by atoms with van der Waals surface area (Å²) in [6.45, 7) is 5.83. The van der Waals surface area contributed by atoms with Gasteiger partial charge in [-0.05, 0) is 18.9 Å². The lowest BCUT2D eigenvalue weighted by Crippen LogP contribution is -2.27. The van der Waals surface area contributed by atoms with Crippen LogP contribution in [0.2, 0.25) is 0 Å². The van der Waals surface area contributed by atoms with Crippen molar-refractivity contribution in [1.82, 2.24) is 9.97 Å². The number of hydrogen-bond donors (Lipinski definition) is 1. The predicted molar refractivity (Wildman–Crippen MR) is 61.8 cm³/mol. The largest absolute Gasteiger partial charge is 0.477 e. The van der Waals surface area contributed by atoms with Crippen molar-refractivity contribution in [2.75, 3.05) is 18.0 Å². The molecule has 0 spiro atoms. The number of hydrogen-bond acceptors (Lipinski definition) is 4. The van der Waals surface area contributed by atoms with E-state index in [2.05, 4.69) is 23.8 Å². The summed E-state index contributed by atoms with van der Waals surface area (Å²) in [5.41, 5.74) is 0.0437. The van der Waals surface area contributed by atoms with Crippen LogP contribution in [0.15, 0.2) is 12.3 Å². The van der Waals surface area contributed by atoms with Gasteiger partial charge in [-0.3, -0.25) is 0 Å². The van der Waals surface area contributed by atoms with Crippen LogP contribution < -0.4 is 4.90 Å². The number of aromatic nitrogens is 2. The Bertz CT molecular complexity index is 349. The molecule has 0 fully saturated rings. The minimum Gasteiger partial charge on any atom is -0.477 e. The highest BCUT2D eigenvalue weighted by Crippen LogP contribution is 2.09. The third kappa shape index (κ3) is 3.18. The second-order valence-corrected chi connectivity index (χ2v) is 3.53. The Morgan fingerprint density at radius 2 is 2.00 bits per heavy atom. The third-order valence-corrected chi connectivity index (χ3v) is 2.13. The Morgan fingerprint density at radius 1 is 1.38 bits per heavy atom. The van der Waals surface area contributed by atoms with Gasteiger partial charge in [-0.2, -0.15) is 0 Å². The maximum atomic E-state index is 10.8. The van der Waals surface area contributed by atoms with E-state index < -0.39 is 5.97 Å². The van der Waals surface area contributed by atoms with Gasteiger partial charge in [0.1, 0.15) is 0 Å². The first-order valence-corrected chi connectivity index (χ1v) is 5.50. The lowest BCUT2D eigenvalue weighted by atomic mass is 10.3. The van der Waals surface area contributed by atoms with Crippen molar-refractivity contribution in [1.29, 1.82) is 0 Å². The predicted octanol–water partition coefficient (Wildman–Crippen LogP) is 1.80. The van der Waals surface area contributed by atoms with Gasteiger partial charge in [-0.1, -0.05) is 13.8 Å². The van der Waals surface area contributed by atoms with E-state index in [1.807, 2.05) is 4.90 Å². The summed E-state index contributed by atoms with van der Waals surface area (Å²) in [4.78, 5) is 20.9. The molecule has 0 aliphatic carbocycles. The minimum absolute atomic E-state index is 0.0437. The van der Waals surface area contributed by atoms with Gasteiger partial charge < -0.3 is 10.0 Å². The summed E-state index contributed by atoms with van der Waals surface area (Å²) in [5, 5.41) is 8.84. The fourth-order valence-electron chi connectivity index (χ4n) is 1.47. The van der Waals surface area contributed by atoms with Gasteiger partial charge in [0.25, 0.3) is 0 Å². The molecule has 0 saturated carbocycles. The molecule has 16 heavy (non-hydrogen) atoms. The van der Waals surface area contributed by atoms with Gasteiger partial charge in [0.05, 0.1) is 0 Å². The van der Waals surface area contributed by atoms with E-state index in [1.165, 1.54) is 12.3 Å². The van der Waals surface area contributed by atoms with Gasteiger partial charge >= 0.3 is 5.97 Å². The first-order chi connectivity index (χ1) is 7.69. The van der Waals surface area contributed by atoms with Crippen molar-refractivity contribution in [3.8, 4) is 0 Å². The smallest absolute Gasteiger partial charge is 0.354 e. The van der Waals surface area contributed by atoms with Crippen LogP contribution in [-0.4, -0.2) is 34.1 Å². The SMILES string of the molecule is CCCN(CCC)c1nccc(C(=O)O)n1. The molecule has 0 aliphatic heterocycles. The number of nitrogens with zero attached hydrogens (tertiary/aromatic N) is 3. The number of carboxylic acid groups (broad SMARTS) is 1. The van der Waals surface area contributed by atoms with E-state index in [-0.39, 0.29) is 5.69 Å². The van der Waals surface area contributed by atoms with E-state index in [1.54, 1.807) is 0 Å². The van der Waals surface area contributed by atoms with E-state index >= 15 is 0 Å². The molecular weight excluding hydrogens is 206 g/mol. The Kier molecular flexibility index (Phi) is 4.69. The molecule has 0 unspecified atom stereocenters. The maximum absolute atomic E-state index is 10.8. The first-order valence-electron chi connectivity index (χ1n) is 5.50. The van der Waals surface area contributed by atoms with Crippen LogP contribution in [0.25, 0.3) is 0 Å². The zero-order valence-corrected chi connectivity index (χ0v) is 9.68. The summed E-state index contributed by atoms with van der Waals surface area (Å²) < 4.78 is 0. The molecule has 1 aromatic heterocycles. The Balaban J connectivity index is 2.90. The number of carbonyl (C=O) groups is 1. The lowest BCUT2D eigenvalue weighted by molar-refractivity contribution is 0.0690. The molecule has 0 atom stereocenters. The first kappa shape index (κ1) is 12.4. The highest BCUT2D eigenvalue weighted by Gasteiger charge is 2.11. The Morgan fingerprint density at radius 3 is 2.50 bits per heavy atom. The molecule has 1 N–H and O–H groups in total. The molecule has 0 bridgehead atoms. The van der Waals surface area contributed by atoms with Crippen LogP contribution in [0.1, 0.15) is 37.2 Å². The number of aromatic carboxylic acids is 1. The van der Waals surface area contributed by atoms with Gasteiger partial charge in [0.15, 0.2) is 5.69 Å². The number of anilines is 1. The average molecular weight is 223 g/mol. The summed E-state index contributed by atoms with van der Waals surface area (Å²) >= 11 is 0. The highest BCUT2D eigenvalue weighted by molar-refractivity contribution is 5.85. The molecule has 0 aromatic carbocycles. The van der Waals surface area contributed by atoms with E-state index in [0.29, 0.717) is 5.95 Å². The second kappa shape index (κ2) is 6.05. The van der Waals surface area contributed by atoms with Crippen molar-refractivity contribution >= 4 is 11.9 Å². The number of rotatable bonds is 6. The highest BCUT2D eigenvalue weighted by atomic mass is 16.4. The summed E-state index contributed by atoms with van der Waals surface area (Å²) in [7, 11) is 0. The normalized spacial score (nSPS) is 10.1. The van der Waals surface area contributed by atoms with Crippen molar-refractivity contribution in [2.45, 2.75) is 26.7 Å². The van der Waals surface area contributed by atoms with Crippen LogP contribution in [0, 0.1) is 0 Å². The van der Waals surface area contributed by atoms with E-state index in [0.717, 1.165) is 25.9 Å². The maximum Gasteiger partial charge on any atom is 0.354 e. The second-order valence-electron chi connectivity index (χ2n) is 3.53. The van der Waals surface area contributed by atoms with Crippen LogP contribution >= 0.6 is 0 Å². The van der Waals surface area contributed by atoms with Crippen molar-refractivity contribution in [3.05, 3.63) is 18.0 Å². The topological polar surface area (TPSA) is 66.3 Å². The molecule has 5 nitrogen and oxygen atoms in total. The molecule has 0 radical (unpaired) electrons. The van der Waals surface area contributed by atoms with Crippen molar-refractivity contribution in [2.24, 2.45) is 0 Å². The van der Waals surface area contributed by atoms with Crippen LogP contribution in [0.4, 0.5) is 5.95 Å². The standard InChI is InChI=1S/C11H17N3O2/c1-3-7-14(8-4-2)11-12-6-5-9(13-11)10(15)16/h5-6H,3-4,7-8H2,1-2H3,(H,15,16). The zero-order valence-electron chi connectivity index (χ0n) is 9.68. The van der Waals surface area contributed by atoms with E-state index in [9.17, 15) is 4.79 Å². The summed E-state index contributed by atoms with van der Waals surface area (Å²) in [5.74, 6) is -0.514. The quantitative estimate of drug-likeness (QED) is 0.796. The summed E-state index contributed by atoms with van der Waals surface area (Å²) in [6, 6.07) is 1.40. The molecule has 1 aromatic rings.